The summed E-state index contributed by atoms with van der Waals surface area (Å²) >= 11 is 5.88. The molecule has 1 aliphatic rings. The first-order chi connectivity index (χ1) is 5.81. The first-order valence-corrected chi connectivity index (χ1v) is 4.67. The molecule has 2 N–H and O–H groups in total. The number of nitrogens with two attached hydrogens (primary N) is 1. The van der Waals surface area contributed by atoms with Crippen molar-refractivity contribution in [2.24, 2.45) is 5.73 Å². The van der Waals surface area contributed by atoms with Crippen molar-refractivity contribution < 1.29 is 0 Å². The molecule has 1 aliphatic carbocycles. The molecule has 0 radical (unpaired) electrons. The second-order valence-electron chi connectivity index (χ2n) is 3.31. The third-order valence-electron chi connectivity index (χ3n) is 2.59. The standard InChI is InChI=1S/C10H12ClN/c11-9-3-4-10-7(5-9)1-2-8(10)6-12/h3-5,8H,1-2,6,12H2/t8-/m0/s1. The maximum absolute atomic E-state index is 5.88. The summed E-state index contributed by atoms with van der Waals surface area (Å²) in [6.45, 7) is 0.759. The fourth-order valence-electron chi connectivity index (χ4n) is 1.92. The lowest BCUT2D eigenvalue weighted by Crippen LogP contribution is -2.08. The molecule has 64 valence electrons. The van der Waals surface area contributed by atoms with Crippen LogP contribution < -0.4 is 5.73 Å². The van der Waals surface area contributed by atoms with Crippen LogP contribution >= 0.6 is 11.6 Å². The van der Waals surface area contributed by atoms with Crippen molar-refractivity contribution in [3.05, 3.63) is 34.3 Å². The predicted molar refractivity (Wildman–Crippen MR) is 51.6 cm³/mol. The van der Waals surface area contributed by atoms with Gasteiger partial charge in [0.1, 0.15) is 0 Å². The van der Waals surface area contributed by atoms with Crippen molar-refractivity contribution in [3.63, 3.8) is 0 Å². The first-order valence-electron chi connectivity index (χ1n) is 4.29. The SMILES string of the molecule is NC[C@@H]1CCc2cc(Cl)ccc21. The molecule has 0 amide bonds. The topological polar surface area (TPSA) is 26.0 Å². The summed E-state index contributed by atoms with van der Waals surface area (Å²) in [4.78, 5) is 0. The van der Waals surface area contributed by atoms with E-state index in [4.69, 9.17) is 17.3 Å². The maximum Gasteiger partial charge on any atom is 0.0408 e. The molecule has 0 saturated carbocycles. The van der Waals surface area contributed by atoms with Crippen LogP contribution in [0, 0.1) is 0 Å². The van der Waals surface area contributed by atoms with Crippen molar-refractivity contribution in [3.8, 4) is 0 Å². The number of fused-ring (bicyclic) bond motifs is 1. The minimum absolute atomic E-state index is 0.567. The monoisotopic (exact) mass is 181 g/mol. The molecule has 0 aliphatic heterocycles. The van der Waals surface area contributed by atoms with Crippen molar-refractivity contribution in [2.75, 3.05) is 6.54 Å². The van der Waals surface area contributed by atoms with Crippen LogP contribution in [0.2, 0.25) is 5.02 Å². The zero-order chi connectivity index (χ0) is 8.55. The summed E-state index contributed by atoms with van der Waals surface area (Å²) in [5, 5.41) is 0.839. The van der Waals surface area contributed by atoms with Gasteiger partial charge in [0.05, 0.1) is 0 Å². The molecule has 0 aromatic heterocycles. The average Bonchev–Trinajstić information content (AvgIpc) is 2.46. The minimum Gasteiger partial charge on any atom is -0.330 e. The summed E-state index contributed by atoms with van der Waals surface area (Å²) in [5.74, 6) is 0.567. The summed E-state index contributed by atoms with van der Waals surface area (Å²) < 4.78 is 0. The molecule has 0 bridgehead atoms. The Hall–Kier alpha value is -0.530. The second-order valence-corrected chi connectivity index (χ2v) is 3.75. The quantitative estimate of drug-likeness (QED) is 0.707. The van der Waals surface area contributed by atoms with E-state index >= 15 is 0 Å². The number of hydrogen-bond acceptors (Lipinski definition) is 1. The van der Waals surface area contributed by atoms with E-state index in [0.29, 0.717) is 5.92 Å². The molecular formula is C10H12ClN. The van der Waals surface area contributed by atoms with Gasteiger partial charge in [-0.2, -0.15) is 0 Å². The van der Waals surface area contributed by atoms with E-state index in [1.165, 1.54) is 17.5 Å². The average molecular weight is 182 g/mol. The van der Waals surface area contributed by atoms with Crippen LogP contribution in [0.1, 0.15) is 23.5 Å². The number of hydrogen-bond donors (Lipinski definition) is 1. The normalized spacial score (nSPS) is 21.0. The summed E-state index contributed by atoms with van der Waals surface area (Å²) in [6.07, 6.45) is 2.32. The molecule has 12 heavy (non-hydrogen) atoms. The highest BCUT2D eigenvalue weighted by atomic mass is 35.5. The van der Waals surface area contributed by atoms with Crippen LogP contribution in [-0.2, 0) is 6.42 Å². The van der Waals surface area contributed by atoms with Gasteiger partial charge in [0.25, 0.3) is 0 Å². The van der Waals surface area contributed by atoms with Crippen LogP contribution in [0.15, 0.2) is 18.2 Å². The van der Waals surface area contributed by atoms with Crippen LogP contribution in [0.5, 0.6) is 0 Å². The zero-order valence-electron chi connectivity index (χ0n) is 6.89. The van der Waals surface area contributed by atoms with Gasteiger partial charge in [-0.05, 0) is 48.6 Å². The van der Waals surface area contributed by atoms with E-state index in [-0.39, 0.29) is 0 Å². The molecule has 1 aromatic carbocycles. The van der Waals surface area contributed by atoms with Crippen molar-refractivity contribution in [1.82, 2.24) is 0 Å². The Kier molecular flexibility index (Phi) is 2.07. The highest BCUT2D eigenvalue weighted by Gasteiger charge is 2.20. The Morgan fingerprint density at radius 2 is 2.33 bits per heavy atom. The smallest absolute Gasteiger partial charge is 0.0408 e. The first kappa shape index (κ1) is 8.09. The van der Waals surface area contributed by atoms with Crippen molar-refractivity contribution >= 4 is 11.6 Å². The number of benzene rings is 1. The van der Waals surface area contributed by atoms with Crippen LogP contribution in [-0.4, -0.2) is 6.54 Å². The number of rotatable bonds is 1. The molecule has 1 atom stereocenters. The lowest BCUT2D eigenvalue weighted by molar-refractivity contribution is 0.688. The lowest BCUT2D eigenvalue weighted by Gasteiger charge is -2.07. The molecular weight excluding hydrogens is 170 g/mol. The zero-order valence-corrected chi connectivity index (χ0v) is 7.64. The molecule has 0 heterocycles. The maximum atomic E-state index is 5.88. The van der Waals surface area contributed by atoms with Crippen molar-refractivity contribution in [1.29, 1.82) is 0 Å². The highest BCUT2D eigenvalue weighted by molar-refractivity contribution is 6.30. The van der Waals surface area contributed by atoms with E-state index in [1.807, 2.05) is 6.07 Å². The molecule has 1 aromatic rings. The second kappa shape index (κ2) is 3.08. The fourth-order valence-corrected chi connectivity index (χ4v) is 2.11. The van der Waals surface area contributed by atoms with Gasteiger partial charge in [-0.15, -0.1) is 0 Å². The van der Waals surface area contributed by atoms with Gasteiger partial charge in [0.2, 0.25) is 0 Å². The van der Waals surface area contributed by atoms with Gasteiger partial charge < -0.3 is 5.73 Å². The van der Waals surface area contributed by atoms with Crippen LogP contribution in [0.3, 0.4) is 0 Å². The summed E-state index contributed by atoms with van der Waals surface area (Å²) in [6, 6.07) is 6.13. The van der Waals surface area contributed by atoms with Crippen LogP contribution in [0.25, 0.3) is 0 Å². The minimum atomic E-state index is 0.567. The Bertz CT molecular complexity index is 296. The molecule has 0 saturated heterocycles. The van der Waals surface area contributed by atoms with E-state index in [9.17, 15) is 0 Å². The number of halogens is 1. The van der Waals surface area contributed by atoms with E-state index in [0.717, 1.165) is 18.0 Å². The van der Waals surface area contributed by atoms with Gasteiger partial charge in [-0.25, -0.2) is 0 Å². The molecule has 2 rings (SSSR count). The molecule has 0 fully saturated rings. The largest absolute Gasteiger partial charge is 0.330 e. The van der Waals surface area contributed by atoms with Gasteiger partial charge in [-0.1, -0.05) is 17.7 Å². The van der Waals surface area contributed by atoms with Crippen molar-refractivity contribution in [2.45, 2.75) is 18.8 Å². The van der Waals surface area contributed by atoms with Crippen LogP contribution in [0.4, 0.5) is 0 Å². The van der Waals surface area contributed by atoms with Gasteiger partial charge in [0, 0.05) is 5.02 Å². The molecule has 0 unspecified atom stereocenters. The van der Waals surface area contributed by atoms with E-state index in [1.54, 1.807) is 0 Å². The van der Waals surface area contributed by atoms with E-state index in [2.05, 4.69) is 12.1 Å². The number of aryl methyl sites for hydroxylation is 1. The Morgan fingerprint density at radius 3 is 3.08 bits per heavy atom. The molecule has 1 nitrogen and oxygen atoms in total. The lowest BCUT2D eigenvalue weighted by atomic mass is 10.0. The van der Waals surface area contributed by atoms with E-state index < -0.39 is 0 Å². The summed E-state index contributed by atoms with van der Waals surface area (Å²) in [5.41, 5.74) is 8.45. The fraction of sp³-hybridized carbons (Fsp3) is 0.400. The van der Waals surface area contributed by atoms with Gasteiger partial charge >= 0.3 is 0 Å². The molecule has 0 spiro atoms. The Morgan fingerprint density at radius 1 is 1.50 bits per heavy atom. The third-order valence-corrected chi connectivity index (χ3v) is 2.83. The molecule has 2 heteroatoms. The highest BCUT2D eigenvalue weighted by Crippen LogP contribution is 2.33. The summed E-state index contributed by atoms with van der Waals surface area (Å²) in [7, 11) is 0. The predicted octanol–water partition coefficient (Wildman–Crippen LogP) is 2.33. The third kappa shape index (κ3) is 1.23. The van der Waals surface area contributed by atoms with Gasteiger partial charge in [-0.3, -0.25) is 0 Å². The Balaban J connectivity index is 2.40. The Labute approximate surface area is 77.5 Å². The van der Waals surface area contributed by atoms with Gasteiger partial charge in [0.15, 0.2) is 0 Å².